The monoisotopic (exact) mass is 406 g/mol. The smallest absolute Gasteiger partial charge is 0.257 e. The minimum atomic E-state index is -0.0677. The highest BCUT2D eigenvalue weighted by Crippen LogP contribution is 2.22. The fourth-order valence-electron chi connectivity index (χ4n) is 3.80. The van der Waals surface area contributed by atoms with Crippen LogP contribution in [0.2, 0.25) is 0 Å². The summed E-state index contributed by atoms with van der Waals surface area (Å²) in [5.41, 5.74) is 3.34. The molecule has 3 heterocycles. The molecule has 0 bridgehead atoms. The fraction of sp³-hybridized carbons (Fsp3) is 0.348. The third-order valence-corrected chi connectivity index (χ3v) is 5.45. The van der Waals surface area contributed by atoms with Gasteiger partial charge in [0.1, 0.15) is 18.0 Å². The summed E-state index contributed by atoms with van der Waals surface area (Å²) in [5, 5.41) is 0. The molecule has 1 aromatic carbocycles. The number of nitrogens with zero attached hydrogens (tertiary/aromatic N) is 4. The van der Waals surface area contributed by atoms with Crippen LogP contribution in [0.5, 0.6) is 5.75 Å². The number of amides is 2. The van der Waals surface area contributed by atoms with Gasteiger partial charge in [0.05, 0.1) is 11.3 Å². The van der Waals surface area contributed by atoms with Crippen LogP contribution >= 0.6 is 0 Å². The highest BCUT2D eigenvalue weighted by atomic mass is 16.5. The molecule has 0 radical (unpaired) electrons. The van der Waals surface area contributed by atoms with Crippen molar-refractivity contribution in [1.29, 1.82) is 0 Å². The van der Waals surface area contributed by atoms with Crippen LogP contribution in [0.3, 0.4) is 0 Å². The number of hydrogen-bond donors (Lipinski definition) is 0. The Morgan fingerprint density at radius 2 is 1.80 bits per heavy atom. The van der Waals surface area contributed by atoms with Crippen molar-refractivity contribution in [1.82, 2.24) is 19.2 Å². The van der Waals surface area contributed by atoms with Gasteiger partial charge in [-0.15, -0.1) is 0 Å². The number of hydrogen-bond acceptors (Lipinski definition) is 4. The van der Waals surface area contributed by atoms with Crippen molar-refractivity contribution < 1.29 is 14.3 Å². The first-order chi connectivity index (χ1) is 14.5. The van der Waals surface area contributed by atoms with E-state index in [9.17, 15) is 9.59 Å². The van der Waals surface area contributed by atoms with E-state index in [2.05, 4.69) is 4.98 Å². The fourth-order valence-corrected chi connectivity index (χ4v) is 3.80. The lowest BCUT2D eigenvalue weighted by molar-refractivity contribution is -0.128. The Morgan fingerprint density at radius 1 is 1.03 bits per heavy atom. The van der Waals surface area contributed by atoms with Crippen LogP contribution < -0.4 is 4.74 Å². The van der Waals surface area contributed by atoms with Crippen molar-refractivity contribution in [2.45, 2.75) is 26.9 Å². The van der Waals surface area contributed by atoms with Crippen molar-refractivity contribution >= 4 is 17.5 Å². The van der Waals surface area contributed by atoms with E-state index in [1.807, 2.05) is 54.0 Å². The third kappa shape index (κ3) is 4.15. The SMILES string of the molecule is CC(=O)N1CCCN(C(=O)c2ccccc2OCc2cn3cccc(C)c3n2)CC1. The van der Waals surface area contributed by atoms with Gasteiger partial charge in [0.2, 0.25) is 5.91 Å². The number of fused-ring (bicyclic) bond motifs is 1. The van der Waals surface area contributed by atoms with E-state index < -0.39 is 0 Å². The van der Waals surface area contributed by atoms with Gasteiger partial charge in [-0.2, -0.15) is 0 Å². The molecule has 0 N–H and O–H groups in total. The number of benzene rings is 1. The molecule has 2 aromatic heterocycles. The topological polar surface area (TPSA) is 67.2 Å². The molecule has 0 spiro atoms. The lowest BCUT2D eigenvalue weighted by Crippen LogP contribution is -2.36. The summed E-state index contributed by atoms with van der Waals surface area (Å²) in [6.45, 7) is 6.27. The zero-order valence-electron chi connectivity index (χ0n) is 17.4. The molecule has 1 saturated heterocycles. The highest BCUT2D eigenvalue weighted by molar-refractivity contribution is 5.97. The van der Waals surface area contributed by atoms with Crippen molar-refractivity contribution in [3.8, 4) is 5.75 Å². The van der Waals surface area contributed by atoms with Crippen molar-refractivity contribution in [3.05, 3.63) is 65.6 Å². The lowest BCUT2D eigenvalue weighted by atomic mass is 10.1. The molecule has 0 unspecified atom stereocenters. The number of pyridine rings is 1. The number of aromatic nitrogens is 2. The maximum atomic E-state index is 13.2. The number of carbonyl (C=O) groups is 2. The van der Waals surface area contributed by atoms with Crippen LogP contribution in [-0.2, 0) is 11.4 Å². The quantitative estimate of drug-likeness (QED) is 0.668. The average Bonchev–Trinajstić information content (AvgIpc) is 3.00. The number of rotatable bonds is 4. The molecule has 0 aliphatic carbocycles. The molecule has 1 fully saturated rings. The molecule has 156 valence electrons. The first-order valence-corrected chi connectivity index (χ1v) is 10.2. The van der Waals surface area contributed by atoms with E-state index in [0.717, 1.165) is 23.3 Å². The maximum Gasteiger partial charge on any atom is 0.257 e. The van der Waals surface area contributed by atoms with Crippen molar-refractivity contribution in [3.63, 3.8) is 0 Å². The predicted molar refractivity (Wildman–Crippen MR) is 113 cm³/mol. The standard InChI is InChI=1S/C23H26N4O3/c1-17-7-5-10-27-15-19(24-22(17)27)16-30-21-9-4-3-8-20(21)23(29)26-12-6-11-25(13-14-26)18(2)28/h3-5,7-10,15H,6,11-14,16H2,1-2H3. The Morgan fingerprint density at radius 3 is 2.60 bits per heavy atom. The van der Waals surface area contributed by atoms with Crippen LogP contribution in [0.15, 0.2) is 48.8 Å². The zero-order chi connectivity index (χ0) is 21.1. The molecule has 3 aromatic rings. The Kier molecular flexibility index (Phi) is 5.70. The summed E-state index contributed by atoms with van der Waals surface area (Å²) >= 11 is 0. The molecule has 0 saturated carbocycles. The average molecular weight is 406 g/mol. The number of aryl methyl sites for hydroxylation is 1. The third-order valence-electron chi connectivity index (χ3n) is 5.45. The van der Waals surface area contributed by atoms with Gasteiger partial charge in [-0.05, 0) is 37.1 Å². The number of carbonyl (C=O) groups excluding carboxylic acids is 2. The summed E-state index contributed by atoms with van der Waals surface area (Å²) in [4.78, 5) is 33.1. The second kappa shape index (κ2) is 8.57. The number of imidazole rings is 1. The minimum Gasteiger partial charge on any atom is -0.486 e. The van der Waals surface area contributed by atoms with Gasteiger partial charge < -0.3 is 18.9 Å². The second-order valence-corrected chi connectivity index (χ2v) is 7.59. The van der Waals surface area contributed by atoms with Gasteiger partial charge in [0, 0.05) is 45.5 Å². The van der Waals surface area contributed by atoms with Gasteiger partial charge in [-0.3, -0.25) is 9.59 Å². The van der Waals surface area contributed by atoms with E-state index in [4.69, 9.17) is 4.74 Å². The van der Waals surface area contributed by atoms with Crippen LogP contribution in [0.4, 0.5) is 0 Å². The predicted octanol–water partition coefficient (Wildman–Crippen LogP) is 2.92. The molecule has 1 aliphatic heterocycles. The molecule has 4 rings (SSSR count). The van der Waals surface area contributed by atoms with E-state index >= 15 is 0 Å². The maximum absolute atomic E-state index is 13.2. The Bertz CT molecular complexity index is 1080. The van der Waals surface area contributed by atoms with Gasteiger partial charge in [-0.1, -0.05) is 18.2 Å². The summed E-state index contributed by atoms with van der Waals surface area (Å²) in [6, 6.07) is 11.3. The number of para-hydroxylation sites is 1. The molecule has 7 nitrogen and oxygen atoms in total. The van der Waals surface area contributed by atoms with E-state index in [1.54, 1.807) is 22.8 Å². The lowest BCUT2D eigenvalue weighted by Gasteiger charge is -2.22. The first-order valence-electron chi connectivity index (χ1n) is 10.2. The normalized spacial score (nSPS) is 14.6. The zero-order valence-corrected chi connectivity index (χ0v) is 17.4. The van der Waals surface area contributed by atoms with Crippen LogP contribution in [-0.4, -0.2) is 57.2 Å². The van der Waals surface area contributed by atoms with E-state index in [-0.39, 0.29) is 18.4 Å². The van der Waals surface area contributed by atoms with Gasteiger partial charge in [0.25, 0.3) is 5.91 Å². The highest BCUT2D eigenvalue weighted by Gasteiger charge is 2.23. The second-order valence-electron chi connectivity index (χ2n) is 7.59. The summed E-state index contributed by atoms with van der Waals surface area (Å²) in [6.07, 6.45) is 4.67. The van der Waals surface area contributed by atoms with E-state index in [1.165, 1.54) is 0 Å². The van der Waals surface area contributed by atoms with Crippen LogP contribution in [0.1, 0.15) is 35.0 Å². The molecular formula is C23H26N4O3. The van der Waals surface area contributed by atoms with E-state index in [0.29, 0.717) is 37.5 Å². The van der Waals surface area contributed by atoms with Crippen molar-refractivity contribution in [2.24, 2.45) is 0 Å². The molecule has 7 heteroatoms. The molecular weight excluding hydrogens is 380 g/mol. The molecule has 1 aliphatic rings. The number of ether oxygens (including phenoxy) is 1. The summed E-state index contributed by atoms with van der Waals surface area (Å²) < 4.78 is 7.98. The Balaban J connectivity index is 1.48. The first kappa shape index (κ1) is 19.9. The summed E-state index contributed by atoms with van der Waals surface area (Å²) in [7, 11) is 0. The largest absolute Gasteiger partial charge is 0.486 e. The Labute approximate surface area is 175 Å². The van der Waals surface area contributed by atoms with Gasteiger partial charge >= 0.3 is 0 Å². The van der Waals surface area contributed by atoms with Crippen LogP contribution in [0.25, 0.3) is 5.65 Å². The van der Waals surface area contributed by atoms with Gasteiger partial charge in [-0.25, -0.2) is 4.98 Å². The molecule has 2 amide bonds. The molecule has 0 atom stereocenters. The van der Waals surface area contributed by atoms with Crippen molar-refractivity contribution in [2.75, 3.05) is 26.2 Å². The Hall–Kier alpha value is -3.35. The van der Waals surface area contributed by atoms with Crippen LogP contribution in [0, 0.1) is 6.92 Å². The summed E-state index contributed by atoms with van der Waals surface area (Å²) in [5.74, 6) is 0.529. The van der Waals surface area contributed by atoms with Gasteiger partial charge in [0.15, 0.2) is 0 Å². The molecule has 30 heavy (non-hydrogen) atoms. The minimum absolute atomic E-state index is 0.0516.